The third-order valence-corrected chi connectivity index (χ3v) is 5.88. The van der Waals surface area contributed by atoms with Crippen LogP contribution in [0.15, 0.2) is 115 Å². The van der Waals surface area contributed by atoms with E-state index in [0.29, 0.717) is 0 Å². The normalized spacial score (nSPS) is 11.2. The van der Waals surface area contributed by atoms with Crippen molar-refractivity contribution in [1.29, 1.82) is 0 Å². The molecular weight excluding hydrogens is 400 g/mol. The van der Waals surface area contributed by atoms with Crippen molar-refractivity contribution in [1.82, 2.24) is 9.55 Å². The van der Waals surface area contributed by atoms with Gasteiger partial charge in [0.25, 0.3) is 0 Å². The fourth-order valence-electron chi connectivity index (χ4n) is 4.01. The highest BCUT2D eigenvalue weighted by Gasteiger charge is 2.07. The van der Waals surface area contributed by atoms with E-state index >= 15 is 0 Å². The minimum atomic E-state index is 0.877. The first-order chi connectivity index (χ1) is 16.3. The molecule has 0 saturated heterocycles. The Labute approximate surface area is 195 Å². The Morgan fingerprint density at radius 3 is 1.61 bits per heavy atom. The number of benzene rings is 4. The second kappa shape index (κ2) is 9.54. The molecule has 4 aromatic carbocycles. The summed E-state index contributed by atoms with van der Waals surface area (Å²) >= 11 is 0. The van der Waals surface area contributed by atoms with E-state index in [-0.39, 0.29) is 0 Å². The van der Waals surface area contributed by atoms with Crippen molar-refractivity contribution >= 4 is 12.2 Å². The average Bonchev–Trinajstić information content (AvgIpc) is 3.32. The highest BCUT2D eigenvalue weighted by Crippen LogP contribution is 2.25. The topological polar surface area (TPSA) is 17.8 Å². The zero-order chi connectivity index (χ0) is 22.5. The van der Waals surface area contributed by atoms with Gasteiger partial charge in [-0.15, -0.1) is 0 Å². The largest absolute Gasteiger partial charge is 0.331 e. The average molecular weight is 427 g/mol. The van der Waals surface area contributed by atoms with E-state index in [1.54, 1.807) is 0 Å². The van der Waals surface area contributed by atoms with Crippen LogP contribution in [-0.4, -0.2) is 9.55 Å². The van der Waals surface area contributed by atoms with E-state index in [9.17, 15) is 0 Å². The van der Waals surface area contributed by atoms with Crippen LogP contribution in [-0.2, 0) is 6.54 Å². The number of nitrogens with zero attached hydrogens (tertiary/aromatic N) is 2. The quantitative estimate of drug-likeness (QED) is 0.268. The van der Waals surface area contributed by atoms with Crippen molar-refractivity contribution in [3.63, 3.8) is 0 Å². The van der Waals surface area contributed by atoms with Gasteiger partial charge in [0.2, 0.25) is 0 Å². The van der Waals surface area contributed by atoms with Gasteiger partial charge in [0.05, 0.1) is 5.69 Å². The fourth-order valence-corrected chi connectivity index (χ4v) is 4.01. The molecule has 5 aromatic rings. The van der Waals surface area contributed by atoms with Crippen LogP contribution in [0.3, 0.4) is 0 Å². The van der Waals surface area contributed by atoms with Crippen LogP contribution in [0.4, 0.5) is 0 Å². The van der Waals surface area contributed by atoms with Crippen LogP contribution in [0.2, 0.25) is 0 Å². The Balaban J connectivity index is 1.36. The van der Waals surface area contributed by atoms with Gasteiger partial charge in [-0.3, -0.25) is 0 Å². The molecule has 0 aliphatic rings. The predicted molar refractivity (Wildman–Crippen MR) is 140 cm³/mol. The molecule has 33 heavy (non-hydrogen) atoms. The molecule has 0 aliphatic heterocycles. The minimum absolute atomic E-state index is 0.877. The lowest BCUT2D eigenvalue weighted by molar-refractivity contribution is 0.753. The summed E-state index contributed by atoms with van der Waals surface area (Å²) in [5, 5.41) is 0. The summed E-state index contributed by atoms with van der Waals surface area (Å²) in [6.45, 7) is 3.03. The molecule has 2 nitrogen and oxygen atoms in total. The van der Waals surface area contributed by atoms with Gasteiger partial charge in [-0.05, 0) is 40.8 Å². The summed E-state index contributed by atoms with van der Waals surface area (Å²) in [5.41, 5.74) is 8.19. The first-order valence-corrected chi connectivity index (χ1v) is 11.4. The molecule has 1 heterocycles. The number of aryl methyl sites for hydroxylation is 1. The summed E-state index contributed by atoms with van der Waals surface area (Å²) < 4.78 is 2.19. The van der Waals surface area contributed by atoms with Gasteiger partial charge in [0, 0.05) is 18.3 Å². The molecule has 0 bridgehead atoms. The molecular formula is C31H26N2. The van der Waals surface area contributed by atoms with Crippen LogP contribution in [0.5, 0.6) is 0 Å². The maximum Gasteiger partial charge on any atom is 0.133 e. The lowest BCUT2D eigenvalue weighted by Gasteiger charge is -2.02. The maximum atomic E-state index is 4.91. The van der Waals surface area contributed by atoms with E-state index in [2.05, 4.69) is 127 Å². The lowest BCUT2D eigenvalue weighted by Crippen LogP contribution is -1.94. The minimum Gasteiger partial charge on any atom is -0.331 e. The standard InChI is InChI=1S/C31H26N2/c1-2-33-23-30(29-20-18-28(19-21-29)26-11-7-4-8-12-26)32-31(33)22-15-24-13-16-27(17-14-24)25-9-5-3-6-10-25/h3-23H,2H2,1H3/b22-15+. The van der Waals surface area contributed by atoms with Crippen molar-refractivity contribution in [2.75, 3.05) is 0 Å². The number of imidazole rings is 1. The molecule has 0 fully saturated rings. The van der Waals surface area contributed by atoms with E-state index in [1.165, 1.54) is 22.3 Å². The smallest absolute Gasteiger partial charge is 0.133 e. The van der Waals surface area contributed by atoms with Gasteiger partial charge < -0.3 is 4.57 Å². The SMILES string of the molecule is CCn1cc(-c2ccc(-c3ccccc3)cc2)nc1/C=C/c1ccc(-c2ccccc2)cc1. The number of aromatic nitrogens is 2. The molecule has 0 N–H and O–H groups in total. The van der Waals surface area contributed by atoms with Crippen molar-refractivity contribution in [2.24, 2.45) is 0 Å². The maximum absolute atomic E-state index is 4.91. The van der Waals surface area contributed by atoms with Crippen LogP contribution >= 0.6 is 0 Å². The summed E-state index contributed by atoms with van der Waals surface area (Å²) in [7, 11) is 0. The molecule has 0 atom stereocenters. The van der Waals surface area contributed by atoms with E-state index in [1.807, 2.05) is 12.1 Å². The molecule has 0 unspecified atom stereocenters. The van der Waals surface area contributed by atoms with Crippen molar-refractivity contribution < 1.29 is 0 Å². The number of rotatable bonds is 6. The third kappa shape index (κ3) is 4.70. The second-order valence-corrected chi connectivity index (χ2v) is 8.04. The zero-order valence-electron chi connectivity index (χ0n) is 18.7. The van der Waals surface area contributed by atoms with Gasteiger partial charge in [-0.25, -0.2) is 4.98 Å². The van der Waals surface area contributed by atoms with E-state index in [4.69, 9.17) is 4.98 Å². The van der Waals surface area contributed by atoms with Crippen molar-refractivity contribution in [3.05, 3.63) is 127 Å². The molecule has 160 valence electrons. The molecule has 0 aliphatic carbocycles. The Kier molecular flexibility index (Phi) is 5.99. The Morgan fingerprint density at radius 1 is 0.576 bits per heavy atom. The third-order valence-electron chi connectivity index (χ3n) is 5.88. The van der Waals surface area contributed by atoms with Crippen molar-refractivity contribution in [2.45, 2.75) is 13.5 Å². The van der Waals surface area contributed by atoms with E-state index < -0.39 is 0 Å². The molecule has 5 rings (SSSR count). The summed E-state index contributed by atoms with van der Waals surface area (Å²) in [6.07, 6.45) is 6.37. The first-order valence-electron chi connectivity index (χ1n) is 11.4. The van der Waals surface area contributed by atoms with Crippen LogP contribution in [0, 0.1) is 0 Å². The van der Waals surface area contributed by atoms with Gasteiger partial charge >= 0.3 is 0 Å². The van der Waals surface area contributed by atoms with Gasteiger partial charge in [-0.1, -0.05) is 115 Å². The zero-order valence-corrected chi connectivity index (χ0v) is 18.7. The van der Waals surface area contributed by atoms with Gasteiger partial charge in [0.15, 0.2) is 0 Å². The highest BCUT2D eigenvalue weighted by molar-refractivity contribution is 5.73. The van der Waals surface area contributed by atoms with E-state index in [0.717, 1.165) is 29.2 Å². The summed E-state index contributed by atoms with van der Waals surface area (Å²) in [6, 6.07) is 38.2. The van der Waals surface area contributed by atoms with Crippen LogP contribution < -0.4 is 0 Å². The first kappa shape index (κ1) is 20.7. The molecule has 0 spiro atoms. The molecule has 1 aromatic heterocycles. The summed E-state index contributed by atoms with van der Waals surface area (Å²) in [5.74, 6) is 0.965. The molecule has 0 radical (unpaired) electrons. The Morgan fingerprint density at radius 2 is 1.06 bits per heavy atom. The van der Waals surface area contributed by atoms with Gasteiger partial charge in [-0.2, -0.15) is 0 Å². The van der Waals surface area contributed by atoms with Crippen LogP contribution in [0.1, 0.15) is 18.3 Å². The number of hydrogen-bond acceptors (Lipinski definition) is 1. The van der Waals surface area contributed by atoms with Crippen LogP contribution in [0.25, 0.3) is 45.7 Å². The lowest BCUT2D eigenvalue weighted by atomic mass is 10.0. The van der Waals surface area contributed by atoms with Gasteiger partial charge in [0.1, 0.15) is 5.82 Å². The predicted octanol–water partition coefficient (Wildman–Crippen LogP) is 8.07. The number of hydrogen-bond donors (Lipinski definition) is 0. The summed E-state index contributed by atoms with van der Waals surface area (Å²) in [4.78, 5) is 4.91. The van der Waals surface area contributed by atoms with Crippen molar-refractivity contribution in [3.8, 4) is 33.5 Å². The second-order valence-electron chi connectivity index (χ2n) is 8.04. The fraction of sp³-hybridized carbons (Fsp3) is 0.0645. The molecule has 2 heteroatoms. The Hall–Kier alpha value is -4.17. The highest BCUT2D eigenvalue weighted by atomic mass is 15.1. The molecule has 0 saturated carbocycles. The molecule has 0 amide bonds. The monoisotopic (exact) mass is 426 g/mol. The Bertz CT molecular complexity index is 1340.